The van der Waals surface area contributed by atoms with Crippen LogP contribution in [0.25, 0.3) is 0 Å². The summed E-state index contributed by atoms with van der Waals surface area (Å²) in [6.07, 6.45) is 5.24. The number of terminal acetylenes is 1. The van der Waals surface area contributed by atoms with Gasteiger partial charge in [-0.3, -0.25) is 14.4 Å². The second-order valence-corrected chi connectivity index (χ2v) is 9.80. The summed E-state index contributed by atoms with van der Waals surface area (Å²) in [6, 6.07) is 9.08. The summed E-state index contributed by atoms with van der Waals surface area (Å²) in [6.45, 7) is 5.91. The van der Waals surface area contributed by atoms with Crippen molar-refractivity contribution in [1.82, 2.24) is 10.2 Å². The lowest BCUT2D eigenvalue weighted by molar-refractivity contribution is -0.134. The Balaban J connectivity index is 1.80. The van der Waals surface area contributed by atoms with Gasteiger partial charge in [0.15, 0.2) is 5.41 Å². The van der Waals surface area contributed by atoms with Crippen molar-refractivity contribution in [2.75, 3.05) is 36.9 Å². The highest BCUT2D eigenvalue weighted by Crippen LogP contribution is 2.63. The summed E-state index contributed by atoms with van der Waals surface area (Å²) in [7, 11) is 1.70. The maximum Gasteiger partial charge on any atom is 0.244 e. The molecule has 0 spiro atoms. The largest absolute Gasteiger partial charge is 0.383 e. The fourth-order valence-electron chi connectivity index (χ4n) is 4.12. The molecule has 8 nitrogen and oxygen atoms in total. The minimum atomic E-state index is -1.30. The van der Waals surface area contributed by atoms with Crippen LogP contribution in [0.3, 0.4) is 0 Å². The van der Waals surface area contributed by atoms with E-state index < -0.39 is 22.1 Å². The zero-order chi connectivity index (χ0) is 23.7. The third-order valence-electron chi connectivity index (χ3n) is 6.12. The van der Waals surface area contributed by atoms with E-state index in [4.69, 9.17) is 6.42 Å². The molecule has 3 rings (SSSR count). The number of rotatable bonds is 7. The average molecular weight is 454 g/mol. The van der Waals surface area contributed by atoms with Gasteiger partial charge in [0.2, 0.25) is 17.7 Å². The number of nitriles is 1. The van der Waals surface area contributed by atoms with Gasteiger partial charge in [0.25, 0.3) is 0 Å². The number of fused-ring (bicyclic) bond motifs is 1. The number of anilines is 2. The van der Waals surface area contributed by atoms with Gasteiger partial charge in [-0.2, -0.15) is 5.26 Å². The highest BCUT2D eigenvalue weighted by Gasteiger charge is 2.78. The van der Waals surface area contributed by atoms with Crippen molar-refractivity contribution in [2.24, 2.45) is 5.41 Å². The number of amides is 3. The summed E-state index contributed by atoms with van der Waals surface area (Å²) >= 11 is 1.36. The van der Waals surface area contributed by atoms with Crippen LogP contribution in [0.15, 0.2) is 24.3 Å². The summed E-state index contributed by atoms with van der Waals surface area (Å²) < 4.78 is -0.870. The first-order valence-electron chi connectivity index (χ1n) is 10.4. The van der Waals surface area contributed by atoms with E-state index in [2.05, 4.69) is 22.6 Å². The molecule has 1 saturated heterocycles. The molecule has 0 bridgehead atoms. The summed E-state index contributed by atoms with van der Waals surface area (Å²) in [5.74, 6) is 1.73. The molecule has 32 heavy (non-hydrogen) atoms. The standard InChI is InChI=1S/C23H27N5O3S/c1-6-11-25-20(30)23(13-24)18-19(23)32-22(4,21(31)28(18)7-2)14-26-16-9-8-10-17(12-16)27(5)15(3)29/h1,8-10,12,18-19,26H,7,11,14H2,2-5H3,(H,25,30). The molecule has 2 N–H and O–H groups in total. The second kappa shape index (κ2) is 8.76. The molecular weight excluding hydrogens is 426 g/mol. The van der Waals surface area contributed by atoms with Gasteiger partial charge in [-0.05, 0) is 32.0 Å². The highest BCUT2D eigenvalue weighted by atomic mass is 32.2. The van der Waals surface area contributed by atoms with Gasteiger partial charge in [0.05, 0.1) is 23.9 Å². The second-order valence-electron chi connectivity index (χ2n) is 8.15. The van der Waals surface area contributed by atoms with E-state index in [9.17, 15) is 19.6 Å². The van der Waals surface area contributed by atoms with Crippen molar-refractivity contribution >= 4 is 40.9 Å². The van der Waals surface area contributed by atoms with Gasteiger partial charge in [-0.1, -0.05) is 12.0 Å². The number of nitrogens with zero attached hydrogens (tertiary/aromatic N) is 3. The van der Waals surface area contributed by atoms with Crippen molar-refractivity contribution in [1.29, 1.82) is 5.26 Å². The number of hydrogen-bond acceptors (Lipinski definition) is 6. The van der Waals surface area contributed by atoms with Crippen LogP contribution in [-0.2, 0) is 14.4 Å². The third kappa shape index (κ3) is 3.78. The van der Waals surface area contributed by atoms with Crippen molar-refractivity contribution < 1.29 is 14.4 Å². The SMILES string of the molecule is C#CCNC(=O)C1(C#N)C2SC(C)(CNc3cccc(N(C)C(C)=O)c3)C(=O)N(CC)C21. The Hall–Kier alpha value is -3.17. The maximum atomic E-state index is 13.4. The lowest BCUT2D eigenvalue weighted by Crippen LogP contribution is -2.54. The van der Waals surface area contributed by atoms with Gasteiger partial charge >= 0.3 is 0 Å². The molecule has 4 atom stereocenters. The van der Waals surface area contributed by atoms with Crippen molar-refractivity contribution in [3.05, 3.63) is 24.3 Å². The van der Waals surface area contributed by atoms with Gasteiger partial charge in [0, 0.05) is 38.4 Å². The van der Waals surface area contributed by atoms with Crippen LogP contribution in [0.1, 0.15) is 20.8 Å². The zero-order valence-electron chi connectivity index (χ0n) is 18.6. The molecule has 1 saturated carbocycles. The van der Waals surface area contributed by atoms with E-state index in [1.54, 1.807) is 11.9 Å². The molecule has 168 valence electrons. The highest BCUT2D eigenvalue weighted by molar-refractivity contribution is 8.02. The number of nitrogens with one attached hydrogen (secondary N) is 2. The zero-order valence-corrected chi connectivity index (χ0v) is 19.5. The third-order valence-corrected chi connectivity index (χ3v) is 7.84. The molecular formula is C23H27N5O3S. The number of hydrogen-bond donors (Lipinski definition) is 2. The Bertz CT molecular complexity index is 1030. The van der Waals surface area contributed by atoms with Gasteiger partial charge in [-0.25, -0.2) is 0 Å². The van der Waals surface area contributed by atoms with Crippen LogP contribution in [0.5, 0.6) is 0 Å². The smallest absolute Gasteiger partial charge is 0.244 e. The summed E-state index contributed by atoms with van der Waals surface area (Å²) in [5.41, 5.74) is 0.209. The molecule has 9 heteroatoms. The molecule has 1 aromatic carbocycles. The van der Waals surface area contributed by atoms with E-state index in [1.807, 2.05) is 38.1 Å². The fourth-order valence-corrected chi connectivity index (χ4v) is 5.95. The molecule has 1 aromatic rings. The Morgan fingerprint density at radius 2 is 2.12 bits per heavy atom. The average Bonchev–Trinajstić information content (AvgIpc) is 3.43. The van der Waals surface area contributed by atoms with E-state index >= 15 is 0 Å². The summed E-state index contributed by atoms with van der Waals surface area (Å²) in [5, 5.41) is 15.5. The van der Waals surface area contributed by atoms with Crippen molar-refractivity contribution in [3.63, 3.8) is 0 Å². The van der Waals surface area contributed by atoms with Gasteiger partial charge in [0.1, 0.15) is 4.75 Å². The normalized spacial score (nSPS) is 28.1. The lowest BCUT2D eigenvalue weighted by atomic mass is 10.1. The van der Waals surface area contributed by atoms with E-state index in [0.29, 0.717) is 13.1 Å². The van der Waals surface area contributed by atoms with Gasteiger partial charge in [-0.15, -0.1) is 18.2 Å². The predicted octanol–water partition coefficient (Wildman–Crippen LogP) is 1.45. The van der Waals surface area contributed by atoms with Crippen LogP contribution in [0.4, 0.5) is 11.4 Å². The molecule has 0 radical (unpaired) electrons. The van der Waals surface area contributed by atoms with E-state index in [1.165, 1.54) is 23.6 Å². The molecule has 2 aliphatic rings. The molecule has 1 heterocycles. The lowest BCUT2D eigenvalue weighted by Gasteiger charge is -2.38. The first-order chi connectivity index (χ1) is 15.2. The van der Waals surface area contributed by atoms with Crippen LogP contribution < -0.4 is 15.5 Å². The maximum absolute atomic E-state index is 13.4. The number of benzene rings is 1. The van der Waals surface area contributed by atoms with Crippen LogP contribution in [-0.4, -0.2) is 65.3 Å². The Morgan fingerprint density at radius 3 is 2.72 bits per heavy atom. The Morgan fingerprint density at radius 1 is 1.41 bits per heavy atom. The molecule has 2 fully saturated rings. The predicted molar refractivity (Wildman–Crippen MR) is 125 cm³/mol. The Labute approximate surface area is 192 Å². The molecule has 3 amide bonds. The molecule has 1 aliphatic heterocycles. The van der Waals surface area contributed by atoms with Crippen LogP contribution >= 0.6 is 11.8 Å². The van der Waals surface area contributed by atoms with E-state index in [-0.39, 0.29) is 23.6 Å². The topological polar surface area (TPSA) is 106 Å². The summed E-state index contributed by atoms with van der Waals surface area (Å²) in [4.78, 5) is 41.0. The van der Waals surface area contributed by atoms with Crippen LogP contribution in [0, 0.1) is 29.1 Å². The minimum absolute atomic E-state index is 0.0380. The fraction of sp³-hybridized carbons (Fsp3) is 0.478. The first-order valence-corrected chi connectivity index (χ1v) is 11.2. The monoisotopic (exact) mass is 453 g/mol. The Kier molecular flexibility index (Phi) is 6.43. The number of carbonyl (C=O) groups is 3. The molecule has 0 aromatic heterocycles. The number of carbonyl (C=O) groups excluding carboxylic acids is 3. The van der Waals surface area contributed by atoms with E-state index in [0.717, 1.165) is 11.4 Å². The number of thioether (sulfide) groups is 1. The van der Waals surface area contributed by atoms with Crippen LogP contribution in [0.2, 0.25) is 0 Å². The first kappa shape index (κ1) is 23.5. The van der Waals surface area contributed by atoms with Crippen molar-refractivity contribution in [3.8, 4) is 18.4 Å². The van der Waals surface area contributed by atoms with Crippen molar-refractivity contribution in [2.45, 2.75) is 36.8 Å². The minimum Gasteiger partial charge on any atom is -0.383 e. The molecule has 4 unspecified atom stereocenters. The van der Waals surface area contributed by atoms with Gasteiger partial charge < -0.3 is 20.4 Å². The molecule has 1 aliphatic carbocycles. The quantitative estimate of drug-likeness (QED) is 0.606.